The summed E-state index contributed by atoms with van der Waals surface area (Å²) >= 11 is 0. The van der Waals surface area contributed by atoms with Crippen molar-refractivity contribution in [3.8, 4) is 0 Å². The number of methoxy groups -OCH3 is 1. The van der Waals surface area contributed by atoms with Crippen LogP contribution in [-0.4, -0.2) is 24.0 Å². The molecule has 2 aromatic rings. The first-order chi connectivity index (χ1) is 10.2. The molecular weight excluding hydrogens is 273 g/mol. The van der Waals surface area contributed by atoms with Crippen LogP contribution in [0.25, 0.3) is 0 Å². The van der Waals surface area contributed by atoms with Crippen LogP contribution in [0.4, 0.5) is 4.39 Å². The number of benzene rings is 1. The summed E-state index contributed by atoms with van der Waals surface area (Å²) in [6.45, 7) is 0.334. The molecule has 1 amide bonds. The van der Waals surface area contributed by atoms with Gasteiger partial charge in [0.15, 0.2) is 0 Å². The molecule has 21 heavy (non-hydrogen) atoms. The SMILES string of the molecule is COC(=NCc1cccnc1)NC(=O)c1ccc(F)cc1. The van der Waals surface area contributed by atoms with Gasteiger partial charge in [-0.25, -0.2) is 9.38 Å². The van der Waals surface area contributed by atoms with E-state index >= 15 is 0 Å². The van der Waals surface area contributed by atoms with Crippen LogP contribution in [0.1, 0.15) is 15.9 Å². The molecule has 0 fully saturated rings. The molecule has 0 saturated carbocycles. The lowest BCUT2D eigenvalue weighted by Crippen LogP contribution is -2.31. The molecule has 1 heterocycles. The van der Waals surface area contributed by atoms with Gasteiger partial charge in [0, 0.05) is 18.0 Å². The number of carbonyl (C=O) groups is 1. The summed E-state index contributed by atoms with van der Waals surface area (Å²) in [5, 5.41) is 2.52. The highest BCUT2D eigenvalue weighted by atomic mass is 19.1. The van der Waals surface area contributed by atoms with E-state index in [1.807, 2.05) is 6.07 Å². The fourth-order valence-corrected chi connectivity index (χ4v) is 1.58. The van der Waals surface area contributed by atoms with Gasteiger partial charge in [0.05, 0.1) is 13.7 Å². The number of hydrogen-bond donors (Lipinski definition) is 1. The van der Waals surface area contributed by atoms with Crippen LogP contribution in [0.2, 0.25) is 0 Å². The molecule has 108 valence electrons. The lowest BCUT2D eigenvalue weighted by molar-refractivity contribution is 0.0968. The maximum absolute atomic E-state index is 12.8. The second-order valence-corrected chi connectivity index (χ2v) is 4.15. The molecule has 0 aliphatic rings. The number of rotatable bonds is 3. The number of halogens is 1. The normalized spacial score (nSPS) is 11.0. The summed E-state index contributed by atoms with van der Waals surface area (Å²) < 4.78 is 17.8. The summed E-state index contributed by atoms with van der Waals surface area (Å²) in [6.07, 6.45) is 3.35. The van der Waals surface area contributed by atoms with Gasteiger partial charge >= 0.3 is 0 Å². The Bertz CT molecular complexity index is 627. The van der Waals surface area contributed by atoms with Gasteiger partial charge in [-0.2, -0.15) is 0 Å². The molecule has 1 aromatic carbocycles. The van der Waals surface area contributed by atoms with Crippen molar-refractivity contribution in [3.05, 3.63) is 65.7 Å². The number of aliphatic imine (C=N–C) groups is 1. The molecular formula is C15H14FN3O2. The second kappa shape index (κ2) is 7.14. The molecule has 1 aromatic heterocycles. The molecule has 0 aliphatic heterocycles. The molecule has 0 saturated heterocycles. The van der Waals surface area contributed by atoms with Crippen LogP contribution in [0.3, 0.4) is 0 Å². The fraction of sp³-hybridized carbons (Fsp3) is 0.133. The van der Waals surface area contributed by atoms with Crippen LogP contribution in [-0.2, 0) is 11.3 Å². The minimum Gasteiger partial charge on any atom is -0.468 e. The van der Waals surface area contributed by atoms with Gasteiger partial charge in [0.25, 0.3) is 11.9 Å². The van der Waals surface area contributed by atoms with E-state index in [-0.39, 0.29) is 6.02 Å². The molecule has 0 bridgehead atoms. The summed E-state index contributed by atoms with van der Waals surface area (Å²) in [5.41, 5.74) is 1.21. The van der Waals surface area contributed by atoms with Crippen molar-refractivity contribution in [2.24, 2.45) is 4.99 Å². The first kappa shape index (κ1) is 14.6. The Morgan fingerprint density at radius 3 is 2.71 bits per heavy atom. The van der Waals surface area contributed by atoms with E-state index in [0.717, 1.165) is 5.56 Å². The van der Waals surface area contributed by atoms with Crippen molar-refractivity contribution in [2.75, 3.05) is 7.11 Å². The Kier molecular flexibility index (Phi) is 4.98. The van der Waals surface area contributed by atoms with E-state index in [1.165, 1.54) is 31.4 Å². The van der Waals surface area contributed by atoms with Gasteiger partial charge in [-0.15, -0.1) is 0 Å². The highest BCUT2D eigenvalue weighted by Crippen LogP contribution is 2.03. The van der Waals surface area contributed by atoms with Gasteiger partial charge in [-0.05, 0) is 35.9 Å². The Morgan fingerprint density at radius 2 is 2.10 bits per heavy atom. The number of hydrogen-bond acceptors (Lipinski definition) is 4. The van der Waals surface area contributed by atoms with Crippen LogP contribution < -0.4 is 5.32 Å². The van der Waals surface area contributed by atoms with Crippen molar-refractivity contribution < 1.29 is 13.9 Å². The Hall–Kier alpha value is -2.76. The van der Waals surface area contributed by atoms with Crippen LogP contribution in [0, 0.1) is 5.82 Å². The Morgan fingerprint density at radius 1 is 1.33 bits per heavy atom. The second-order valence-electron chi connectivity index (χ2n) is 4.15. The van der Waals surface area contributed by atoms with E-state index < -0.39 is 11.7 Å². The number of pyridine rings is 1. The number of nitrogens with one attached hydrogen (secondary N) is 1. The van der Waals surface area contributed by atoms with E-state index in [4.69, 9.17) is 4.74 Å². The molecule has 6 heteroatoms. The first-order valence-electron chi connectivity index (χ1n) is 6.23. The Labute approximate surface area is 121 Å². The molecule has 0 aliphatic carbocycles. The highest BCUT2D eigenvalue weighted by molar-refractivity contribution is 6.04. The van der Waals surface area contributed by atoms with Gasteiger partial charge in [-0.3, -0.25) is 15.1 Å². The molecule has 2 rings (SSSR count). The minimum absolute atomic E-state index is 0.0909. The minimum atomic E-state index is -0.415. The number of ether oxygens (including phenoxy) is 1. The van der Waals surface area contributed by atoms with Crippen molar-refractivity contribution in [1.82, 2.24) is 10.3 Å². The van der Waals surface area contributed by atoms with Gasteiger partial charge < -0.3 is 4.74 Å². The smallest absolute Gasteiger partial charge is 0.291 e. The summed E-state index contributed by atoms with van der Waals surface area (Å²) in [4.78, 5) is 20.0. The lowest BCUT2D eigenvalue weighted by atomic mass is 10.2. The number of nitrogens with zero attached hydrogens (tertiary/aromatic N) is 2. The number of amides is 1. The zero-order valence-corrected chi connectivity index (χ0v) is 11.4. The van der Waals surface area contributed by atoms with E-state index in [9.17, 15) is 9.18 Å². The van der Waals surface area contributed by atoms with Gasteiger partial charge in [0.1, 0.15) is 5.82 Å². The third-order valence-electron chi connectivity index (χ3n) is 2.65. The van der Waals surface area contributed by atoms with Gasteiger partial charge in [0.2, 0.25) is 0 Å². The van der Waals surface area contributed by atoms with E-state index in [2.05, 4.69) is 15.3 Å². The maximum atomic E-state index is 12.8. The average molecular weight is 287 g/mol. The van der Waals surface area contributed by atoms with Crippen molar-refractivity contribution >= 4 is 11.9 Å². The summed E-state index contributed by atoms with van der Waals surface area (Å²) in [5.74, 6) is -0.814. The average Bonchev–Trinajstić information content (AvgIpc) is 2.53. The molecule has 5 nitrogen and oxygen atoms in total. The van der Waals surface area contributed by atoms with Crippen molar-refractivity contribution in [2.45, 2.75) is 6.54 Å². The summed E-state index contributed by atoms with van der Waals surface area (Å²) in [6, 6.07) is 8.97. The fourth-order valence-electron chi connectivity index (χ4n) is 1.58. The largest absolute Gasteiger partial charge is 0.468 e. The summed E-state index contributed by atoms with van der Waals surface area (Å²) in [7, 11) is 1.41. The van der Waals surface area contributed by atoms with Crippen LogP contribution >= 0.6 is 0 Å². The maximum Gasteiger partial charge on any atom is 0.291 e. The number of amidine groups is 1. The third-order valence-corrected chi connectivity index (χ3v) is 2.65. The van der Waals surface area contributed by atoms with Gasteiger partial charge in [-0.1, -0.05) is 6.07 Å². The quantitative estimate of drug-likeness (QED) is 0.695. The zero-order chi connectivity index (χ0) is 15.1. The topological polar surface area (TPSA) is 63.6 Å². The first-order valence-corrected chi connectivity index (χ1v) is 6.23. The monoisotopic (exact) mass is 287 g/mol. The Balaban J connectivity index is 2.01. The predicted molar refractivity (Wildman–Crippen MR) is 76.3 cm³/mol. The van der Waals surface area contributed by atoms with Crippen molar-refractivity contribution in [1.29, 1.82) is 0 Å². The van der Waals surface area contributed by atoms with Crippen LogP contribution in [0.15, 0.2) is 53.8 Å². The third kappa shape index (κ3) is 4.38. The highest BCUT2D eigenvalue weighted by Gasteiger charge is 2.09. The molecule has 0 spiro atoms. The molecule has 1 N–H and O–H groups in total. The molecule has 0 atom stereocenters. The standard InChI is InChI=1S/C15H14FN3O2/c1-21-15(18-10-11-3-2-8-17-9-11)19-14(20)12-4-6-13(16)7-5-12/h2-9H,10H2,1H3,(H,18,19,20). The molecule has 0 unspecified atom stereocenters. The molecule has 0 radical (unpaired) electrons. The predicted octanol–water partition coefficient (Wildman–Crippen LogP) is 2.15. The lowest BCUT2D eigenvalue weighted by Gasteiger charge is -2.07. The number of carbonyl (C=O) groups excluding carboxylic acids is 1. The van der Waals surface area contributed by atoms with Crippen LogP contribution in [0.5, 0.6) is 0 Å². The number of aromatic nitrogens is 1. The zero-order valence-electron chi connectivity index (χ0n) is 11.4. The van der Waals surface area contributed by atoms with E-state index in [0.29, 0.717) is 12.1 Å². The van der Waals surface area contributed by atoms with Crippen molar-refractivity contribution in [3.63, 3.8) is 0 Å². The van der Waals surface area contributed by atoms with E-state index in [1.54, 1.807) is 18.5 Å².